The predicted molar refractivity (Wildman–Crippen MR) is 98.3 cm³/mol. The second-order valence-electron chi connectivity index (χ2n) is 5.55. The van der Waals surface area contributed by atoms with Crippen molar-refractivity contribution in [1.82, 2.24) is 5.32 Å². The van der Waals surface area contributed by atoms with E-state index in [1.807, 2.05) is 30.3 Å². The Morgan fingerprint density at radius 3 is 2.77 bits per heavy atom. The topological polar surface area (TPSA) is 32.3 Å². The highest BCUT2D eigenvalue weighted by atomic mass is 127. The van der Waals surface area contributed by atoms with Crippen LogP contribution < -0.4 is 10.2 Å². The van der Waals surface area contributed by atoms with E-state index in [9.17, 15) is 4.79 Å². The molecule has 1 saturated heterocycles. The number of halogens is 1. The molecule has 114 valence electrons. The molecule has 22 heavy (non-hydrogen) atoms. The van der Waals surface area contributed by atoms with Gasteiger partial charge in [-0.3, -0.25) is 4.79 Å². The number of amides is 1. The zero-order valence-corrected chi connectivity index (χ0v) is 14.5. The van der Waals surface area contributed by atoms with Gasteiger partial charge in [0.05, 0.1) is 0 Å². The fourth-order valence-corrected chi connectivity index (χ4v) is 3.49. The van der Waals surface area contributed by atoms with Crippen LogP contribution in [0.3, 0.4) is 0 Å². The molecule has 1 heterocycles. The Balaban J connectivity index is 1.62. The van der Waals surface area contributed by atoms with E-state index in [1.54, 1.807) is 0 Å². The monoisotopic (exact) mass is 406 g/mol. The minimum absolute atomic E-state index is 0.0124. The molecule has 1 aliphatic heterocycles. The Hall–Kier alpha value is -1.56. The van der Waals surface area contributed by atoms with Gasteiger partial charge in [0.15, 0.2) is 0 Å². The minimum atomic E-state index is 0.0124. The van der Waals surface area contributed by atoms with Gasteiger partial charge >= 0.3 is 0 Å². The summed E-state index contributed by atoms with van der Waals surface area (Å²) in [4.78, 5) is 14.7. The van der Waals surface area contributed by atoms with Crippen LogP contribution in [0.5, 0.6) is 0 Å². The first-order chi connectivity index (χ1) is 10.7. The lowest BCUT2D eigenvalue weighted by Crippen LogP contribution is -2.40. The van der Waals surface area contributed by atoms with Crippen molar-refractivity contribution in [3.63, 3.8) is 0 Å². The molecule has 3 nitrogen and oxygen atoms in total. The molecule has 1 unspecified atom stereocenters. The quantitative estimate of drug-likeness (QED) is 0.786. The zero-order chi connectivity index (χ0) is 15.4. The van der Waals surface area contributed by atoms with Crippen molar-refractivity contribution in [2.75, 3.05) is 18.0 Å². The van der Waals surface area contributed by atoms with Crippen LogP contribution in [-0.2, 0) is 0 Å². The van der Waals surface area contributed by atoms with Gasteiger partial charge in [-0.1, -0.05) is 24.3 Å². The van der Waals surface area contributed by atoms with Gasteiger partial charge in [0, 0.05) is 34.0 Å². The van der Waals surface area contributed by atoms with Crippen molar-refractivity contribution >= 4 is 34.2 Å². The van der Waals surface area contributed by atoms with Gasteiger partial charge in [-0.05, 0) is 65.8 Å². The van der Waals surface area contributed by atoms with E-state index in [0.717, 1.165) is 22.1 Å². The summed E-state index contributed by atoms with van der Waals surface area (Å²) in [6.45, 7) is 1.76. The fourth-order valence-electron chi connectivity index (χ4n) is 2.95. The van der Waals surface area contributed by atoms with Crippen LogP contribution in [0, 0.1) is 3.57 Å². The maximum Gasteiger partial charge on any atom is 0.251 e. The number of nitrogens with one attached hydrogen (secondary N) is 1. The predicted octanol–water partition coefficient (Wildman–Crippen LogP) is 3.69. The number of nitrogens with zero attached hydrogens (tertiary/aromatic N) is 1. The Bertz CT molecular complexity index is 645. The molecule has 1 amide bonds. The van der Waals surface area contributed by atoms with Crippen LogP contribution in [0.15, 0.2) is 54.6 Å². The molecule has 1 atom stereocenters. The molecular weight excluding hydrogens is 387 g/mol. The van der Waals surface area contributed by atoms with Crippen LogP contribution in [0.1, 0.15) is 23.2 Å². The van der Waals surface area contributed by atoms with Crippen molar-refractivity contribution < 1.29 is 4.79 Å². The van der Waals surface area contributed by atoms with E-state index in [2.05, 4.69) is 57.1 Å². The summed E-state index contributed by atoms with van der Waals surface area (Å²) in [5, 5.41) is 3.08. The molecule has 0 aliphatic carbocycles. The molecule has 0 spiro atoms. The highest BCUT2D eigenvalue weighted by Gasteiger charge is 2.25. The summed E-state index contributed by atoms with van der Waals surface area (Å²) < 4.78 is 1.08. The van der Waals surface area contributed by atoms with E-state index in [1.165, 1.54) is 12.1 Å². The van der Waals surface area contributed by atoms with Gasteiger partial charge in [-0.2, -0.15) is 0 Å². The summed E-state index contributed by atoms with van der Waals surface area (Å²) in [7, 11) is 0. The number of carbonyl (C=O) groups excluding carboxylic acids is 1. The Morgan fingerprint density at radius 1 is 1.18 bits per heavy atom. The van der Waals surface area contributed by atoms with E-state index in [0.29, 0.717) is 12.6 Å². The lowest BCUT2D eigenvalue weighted by atomic mass is 10.2. The van der Waals surface area contributed by atoms with Crippen molar-refractivity contribution in [2.24, 2.45) is 0 Å². The molecule has 0 saturated carbocycles. The standard InChI is InChI=1S/C18H19IN2O/c19-15-7-4-6-14(12-15)18(22)20-13-17-10-5-11-21(17)16-8-2-1-3-9-16/h1-4,6-9,12,17H,5,10-11,13H2,(H,20,22). The normalized spacial score (nSPS) is 17.5. The smallest absolute Gasteiger partial charge is 0.251 e. The third-order valence-corrected chi connectivity index (χ3v) is 4.72. The van der Waals surface area contributed by atoms with Crippen LogP contribution in [-0.4, -0.2) is 25.0 Å². The molecule has 0 radical (unpaired) electrons. The number of hydrogen-bond donors (Lipinski definition) is 1. The second kappa shape index (κ2) is 7.13. The molecular formula is C18H19IN2O. The first-order valence-electron chi connectivity index (χ1n) is 7.59. The number of carbonyl (C=O) groups is 1. The van der Waals surface area contributed by atoms with Gasteiger partial charge in [-0.25, -0.2) is 0 Å². The third kappa shape index (κ3) is 3.61. The lowest BCUT2D eigenvalue weighted by Gasteiger charge is -2.27. The highest BCUT2D eigenvalue weighted by molar-refractivity contribution is 14.1. The summed E-state index contributed by atoms with van der Waals surface area (Å²) in [5.41, 5.74) is 1.98. The molecule has 4 heteroatoms. The van der Waals surface area contributed by atoms with Crippen molar-refractivity contribution in [3.8, 4) is 0 Å². The molecule has 0 bridgehead atoms. The van der Waals surface area contributed by atoms with Crippen LogP contribution in [0.25, 0.3) is 0 Å². The molecule has 2 aromatic rings. The Kier molecular flexibility index (Phi) is 4.97. The number of benzene rings is 2. The maximum atomic E-state index is 12.3. The van der Waals surface area contributed by atoms with Crippen LogP contribution >= 0.6 is 22.6 Å². The Morgan fingerprint density at radius 2 is 2.00 bits per heavy atom. The fraction of sp³-hybridized carbons (Fsp3) is 0.278. The average molecular weight is 406 g/mol. The minimum Gasteiger partial charge on any atom is -0.367 e. The molecule has 1 N–H and O–H groups in total. The third-order valence-electron chi connectivity index (χ3n) is 4.05. The largest absolute Gasteiger partial charge is 0.367 e. The molecule has 1 fully saturated rings. The molecule has 2 aromatic carbocycles. The van der Waals surface area contributed by atoms with Gasteiger partial charge in [0.2, 0.25) is 0 Å². The number of para-hydroxylation sites is 1. The lowest BCUT2D eigenvalue weighted by molar-refractivity contribution is 0.0951. The van der Waals surface area contributed by atoms with E-state index < -0.39 is 0 Å². The summed E-state index contributed by atoms with van der Waals surface area (Å²) >= 11 is 2.23. The number of hydrogen-bond acceptors (Lipinski definition) is 2. The highest BCUT2D eigenvalue weighted by Crippen LogP contribution is 2.24. The Labute approximate surface area is 144 Å². The summed E-state index contributed by atoms with van der Waals surface area (Å²) in [6.07, 6.45) is 2.31. The van der Waals surface area contributed by atoms with Gasteiger partial charge in [0.25, 0.3) is 5.91 Å². The number of anilines is 1. The first-order valence-corrected chi connectivity index (χ1v) is 8.67. The first kappa shape index (κ1) is 15.3. The summed E-state index contributed by atoms with van der Waals surface area (Å²) in [5.74, 6) is 0.0124. The molecule has 0 aromatic heterocycles. The summed E-state index contributed by atoms with van der Waals surface area (Å²) in [6, 6.07) is 18.5. The van der Waals surface area contributed by atoms with E-state index in [-0.39, 0.29) is 5.91 Å². The maximum absolute atomic E-state index is 12.3. The molecule has 1 aliphatic rings. The van der Waals surface area contributed by atoms with E-state index >= 15 is 0 Å². The van der Waals surface area contributed by atoms with Crippen LogP contribution in [0.4, 0.5) is 5.69 Å². The van der Waals surface area contributed by atoms with Crippen molar-refractivity contribution in [3.05, 3.63) is 63.7 Å². The van der Waals surface area contributed by atoms with Gasteiger partial charge < -0.3 is 10.2 Å². The number of rotatable bonds is 4. The second-order valence-corrected chi connectivity index (χ2v) is 6.79. The zero-order valence-electron chi connectivity index (χ0n) is 12.3. The van der Waals surface area contributed by atoms with Crippen LogP contribution in [0.2, 0.25) is 0 Å². The van der Waals surface area contributed by atoms with Gasteiger partial charge in [-0.15, -0.1) is 0 Å². The van der Waals surface area contributed by atoms with Crippen molar-refractivity contribution in [2.45, 2.75) is 18.9 Å². The molecule has 3 rings (SSSR count). The SMILES string of the molecule is O=C(NCC1CCCN1c1ccccc1)c1cccc(I)c1. The van der Waals surface area contributed by atoms with Gasteiger partial charge in [0.1, 0.15) is 0 Å². The average Bonchev–Trinajstić information content (AvgIpc) is 3.02. The van der Waals surface area contributed by atoms with Crippen molar-refractivity contribution in [1.29, 1.82) is 0 Å². The van der Waals surface area contributed by atoms with E-state index in [4.69, 9.17) is 0 Å².